The molecule has 1 aliphatic heterocycles. The predicted molar refractivity (Wildman–Crippen MR) is 49.2 cm³/mol. The van der Waals surface area contributed by atoms with Crippen LogP contribution < -0.4 is 5.32 Å². The molecule has 12 heavy (non-hydrogen) atoms. The molecule has 1 N–H and O–H groups in total. The van der Waals surface area contributed by atoms with Gasteiger partial charge >= 0.3 is 0 Å². The van der Waals surface area contributed by atoms with Gasteiger partial charge in [0.1, 0.15) is 5.78 Å². The number of hydrogen-bond donors (Lipinski definition) is 1. The Morgan fingerprint density at radius 3 is 2.75 bits per heavy atom. The number of nitrogens with one attached hydrogen (secondary N) is 1. The van der Waals surface area contributed by atoms with Crippen molar-refractivity contribution in [2.75, 3.05) is 26.2 Å². The molecule has 1 heterocycles. The van der Waals surface area contributed by atoms with Gasteiger partial charge in [-0.15, -0.1) is 0 Å². The van der Waals surface area contributed by atoms with Crippen molar-refractivity contribution in [3.05, 3.63) is 0 Å². The number of rotatable bonds is 2. The first-order valence-electron chi connectivity index (χ1n) is 4.47. The minimum absolute atomic E-state index is 0.129. The molecule has 1 fully saturated rings. The number of Topliss-reactive ketones (excluding diaryl/α,β-unsaturated/α-hetero) is 1. The molecule has 0 aromatic heterocycles. The molecule has 0 aromatic carbocycles. The van der Waals surface area contributed by atoms with Crippen LogP contribution in [0.1, 0.15) is 20.8 Å². The Kier molecular flexibility index (Phi) is 2.85. The fourth-order valence-corrected chi connectivity index (χ4v) is 1.58. The van der Waals surface area contributed by atoms with Gasteiger partial charge in [0, 0.05) is 25.2 Å². The average Bonchev–Trinajstić information content (AvgIpc) is 1.92. The highest BCUT2D eigenvalue weighted by Crippen LogP contribution is 2.15. The van der Waals surface area contributed by atoms with Gasteiger partial charge in [-0.1, -0.05) is 0 Å². The summed E-state index contributed by atoms with van der Waals surface area (Å²) in [6.07, 6.45) is 0. The highest BCUT2D eigenvalue weighted by molar-refractivity contribution is 5.77. The maximum absolute atomic E-state index is 10.9. The maximum atomic E-state index is 10.9. The van der Waals surface area contributed by atoms with Crippen molar-refractivity contribution in [2.24, 2.45) is 0 Å². The standard InChI is InChI=1S/C9H18N2O/c1-8(12)6-11-5-4-10-7-9(11,2)3/h10H,4-7H2,1-3H3. The predicted octanol–water partition coefficient (Wildman–Crippen LogP) is 0.259. The Hall–Kier alpha value is -0.410. The van der Waals surface area contributed by atoms with E-state index in [1.807, 2.05) is 0 Å². The summed E-state index contributed by atoms with van der Waals surface area (Å²) in [4.78, 5) is 13.2. The Bertz CT molecular complexity index is 177. The molecule has 0 aromatic rings. The highest BCUT2D eigenvalue weighted by Gasteiger charge is 2.29. The van der Waals surface area contributed by atoms with Crippen LogP contribution in [0.15, 0.2) is 0 Å². The van der Waals surface area contributed by atoms with Gasteiger partial charge in [-0.25, -0.2) is 0 Å². The van der Waals surface area contributed by atoms with Crippen molar-refractivity contribution in [2.45, 2.75) is 26.3 Å². The largest absolute Gasteiger partial charge is 0.314 e. The minimum atomic E-state index is 0.129. The number of hydrogen-bond acceptors (Lipinski definition) is 3. The van der Waals surface area contributed by atoms with Crippen molar-refractivity contribution >= 4 is 5.78 Å². The van der Waals surface area contributed by atoms with E-state index < -0.39 is 0 Å². The number of piperazine rings is 1. The molecule has 0 radical (unpaired) electrons. The summed E-state index contributed by atoms with van der Waals surface area (Å²) in [6.45, 7) is 9.53. The van der Waals surface area contributed by atoms with E-state index in [-0.39, 0.29) is 11.3 Å². The molecule has 3 nitrogen and oxygen atoms in total. The monoisotopic (exact) mass is 170 g/mol. The van der Waals surface area contributed by atoms with E-state index >= 15 is 0 Å². The number of carbonyl (C=O) groups is 1. The summed E-state index contributed by atoms with van der Waals surface area (Å²) in [6, 6.07) is 0. The Morgan fingerprint density at radius 1 is 1.58 bits per heavy atom. The number of nitrogens with zero attached hydrogens (tertiary/aromatic N) is 1. The summed E-state index contributed by atoms with van der Waals surface area (Å²) in [5.41, 5.74) is 0.129. The highest BCUT2D eigenvalue weighted by atomic mass is 16.1. The normalized spacial score (nSPS) is 23.9. The van der Waals surface area contributed by atoms with E-state index in [0.29, 0.717) is 6.54 Å². The smallest absolute Gasteiger partial charge is 0.143 e. The summed E-state index contributed by atoms with van der Waals surface area (Å²) >= 11 is 0. The van der Waals surface area contributed by atoms with Crippen LogP contribution in [0.2, 0.25) is 0 Å². The molecule has 70 valence electrons. The Labute approximate surface area is 74.1 Å². The molecule has 0 atom stereocenters. The van der Waals surface area contributed by atoms with Crippen LogP contribution in [0.3, 0.4) is 0 Å². The summed E-state index contributed by atoms with van der Waals surface area (Å²) in [5.74, 6) is 0.255. The van der Waals surface area contributed by atoms with Crippen LogP contribution in [-0.2, 0) is 4.79 Å². The van der Waals surface area contributed by atoms with Crippen molar-refractivity contribution in [1.82, 2.24) is 10.2 Å². The van der Waals surface area contributed by atoms with Gasteiger partial charge in [0.2, 0.25) is 0 Å². The Balaban J connectivity index is 2.54. The van der Waals surface area contributed by atoms with Crippen LogP contribution >= 0.6 is 0 Å². The summed E-state index contributed by atoms with van der Waals surface area (Å²) < 4.78 is 0. The second kappa shape index (κ2) is 3.54. The fourth-order valence-electron chi connectivity index (χ4n) is 1.58. The topological polar surface area (TPSA) is 32.3 Å². The lowest BCUT2D eigenvalue weighted by Gasteiger charge is -2.42. The van der Waals surface area contributed by atoms with Gasteiger partial charge in [0.15, 0.2) is 0 Å². The van der Waals surface area contributed by atoms with E-state index in [1.165, 1.54) is 0 Å². The van der Waals surface area contributed by atoms with Crippen LogP contribution in [0.5, 0.6) is 0 Å². The van der Waals surface area contributed by atoms with Crippen molar-refractivity contribution in [1.29, 1.82) is 0 Å². The molecular weight excluding hydrogens is 152 g/mol. The molecule has 1 saturated heterocycles. The van der Waals surface area contributed by atoms with Crippen LogP contribution in [-0.4, -0.2) is 42.4 Å². The minimum Gasteiger partial charge on any atom is -0.314 e. The quantitative estimate of drug-likeness (QED) is 0.645. The van der Waals surface area contributed by atoms with E-state index in [9.17, 15) is 4.79 Å². The van der Waals surface area contributed by atoms with Crippen molar-refractivity contribution in [3.63, 3.8) is 0 Å². The summed E-state index contributed by atoms with van der Waals surface area (Å²) in [5, 5.41) is 3.33. The maximum Gasteiger partial charge on any atom is 0.143 e. The Morgan fingerprint density at radius 2 is 2.25 bits per heavy atom. The lowest BCUT2D eigenvalue weighted by Crippen LogP contribution is -2.58. The van der Waals surface area contributed by atoms with E-state index in [4.69, 9.17) is 0 Å². The molecule has 1 rings (SSSR count). The molecule has 0 spiro atoms. The van der Waals surface area contributed by atoms with Crippen LogP contribution in [0.25, 0.3) is 0 Å². The summed E-state index contributed by atoms with van der Waals surface area (Å²) in [7, 11) is 0. The van der Waals surface area contributed by atoms with Gasteiger partial charge in [-0.05, 0) is 20.8 Å². The van der Waals surface area contributed by atoms with E-state index in [2.05, 4.69) is 24.1 Å². The zero-order valence-electron chi connectivity index (χ0n) is 8.18. The first-order chi connectivity index (χ1) is 5.52. The lowest BCUT2D eigenvalue weighted by molar-refractivity contribution is -0.119. The third-order valence-electron chi connectivity index (χ3n) is 2.39. The van der Waals surface area contributed by atoms with Gasteiger partial charge in [-0.2, -0.15) is 0 Å². The third-order valence-corrected chi connectivity index (χ3v) is 2.39. The average molecular weight is 170 g/mol. The van der Waals surface area contributed by atoms with E-state index in [1.54, 1.807) is 6.92 Å². The van der Waals surface area contributed by atoms with Gasteiger partial charge in [-0.3, -0.25) is 9.69 Å². The number of ketones is 1. The van der Waals surface area contributed by atoms with Crippen molar-refractivity contribution < 1.29 is 4.79 Å². The molecule has 0 aliphatic carbocycles. The zero-order chi connectivity index (χ0) is 9.19. The zero-order valence-corrected chi connectivity index (χ0v) is 8.18. The number of carbonyl (C=O) groups excluding carboxylic acids is 1. The first-order valence-corrected chi connectivity index (χ1v) is 4.47. The van der Waals surface area contributed by atoms with E-state index in [0.717, 1.165) is 19.6 Å². The third kappa shape index (κ3) is 2.29. The molecule has 1 aliphatic rings. The molecule has 0 bridgehead atoms. The fraction of sp³-hybridized carbons (Fsp3) is 0.889. The second-order valence-corrected chi connectivity index (χ2v) is 4.11. The molecule has 0 amide bonds. The van der Waals surface area contributed by atoms with Crippen molar-refractivity contribution in [3.8, 4) is 0 Å². The van der Waals surface area contributed by atoms with Crippen LogP contribution in [0.4, 0.5) is 0 Å². The van der Waals surface area contributed by atoms with Gasteiger partial charge in [0.25, 0.3) is 0 Å². The van der Waals surface area contributed by atoms with Gasteiger partial charge < -0.3 is 5.32 Å². The lowest BCUT2D eigenvalue weighted by atomic mass is 10.00. The SMILES string of the molecule is CC(=O)CN1CCNCC1(C)C. The molecule has 0 saturated carbocycles. The molecular formula is C9H18N2O. The van der Waals surface area contributed by atoms with Crippen LogP contribution in [0, 0.1) is 0 Å². The van der Waals surface area contributed by atoms with Gasteiger partial charge in [0.05, 0.1) is 6.54 Å². The first kappa shape index (κ1) is 9.68. The second-order valence-electron chi connectivity index (χ2n) is 4.11. The molecule has 3 heteroatoms. The molecule has 0 unspecified atom stereocenters.